The first-order valence-electron chi connectivity index (χ1n) is 6.43. The average molecular weight is 315 g/mol. The van der Waals surface area contributed by atoms with Crippen LogP contribution in [0.2, 0.25) is 0 Å². The number of hydrogen-bond acceptors (Lipinski definition) is 5. The van der Waals surface area contributed by atoms with E-state index in [1.807, 2.05) is 0 Å². The number of ether oxygens (including phenoxy) is 1. The van der Waals surface area contributed by atoms with Crippen molar-refractivity contribution < 1.29 is 17.9 Å². The summed E-state index contributed by atoms with van der Waals surface area (Å²) in [4.78, 5) is 11.8. The average Bonchev–Trinajstić information content (AvgIpc) is 2.41. The van der Waals surface area contributed by atoms with E-state index in [0.717, 1.165) is 0 Å². The standard InChI is InChI=1S/C13H21N3O4S/c1-9-8-11(4-5-12(9)14)21(18,19)16-10(2)13(17)15-6-7-20-3/h4-5,8,10,16H,6-7,14H2,1-3H3,(H,15,17). The Morgan fingerprint density at radius 2 is 2.10 bits per heavy atom. The molecular formula is C13H21N3O4S. The zero-order valence-corrected chi connectivity index (χ0v) is 13.2. The fraction of sp³-hybridized carbons (Fsp3) is 0.462. The number of carbonyl (C=O) groups is 1. The van der Waals surface area contributed by atoms with E-state index in [1.54, 1.807) is 6.92 Å². The van der Waals surface area contributed by atoms with Crippen molar-refractivity contribution >= 4 is 21.6 Å². The van der Waals surface area contributed by atoms with Gasteiger partial charge in [-0.2, -0.15) is 4.72 Å². The lowest BCUT2D eigenvalue weighted by molar-refractivity contribution is -0.122. The Morgan fingerprint density at radius 3 is 2.67 bits per heavy atom. The van der Waals surface area contributed by atoms with Gasteiger partial charge < -0.3 is 15.8 Å². The second kappa shape index (κ2) is 7.39. The van der Waals surface area contributed by atoms with E-state index in [2.05, 4.69) is 10.0 Å². The smallest absolute Gasteiger partial charge is 0.241 e. The zero-order chi connectivity index (χ0) is 16.0. The van der Waals surface area contributed by atoms with Crippen molar-refractivity contribution in [3.05, 3.63) is 23.8 Å². The molecule has 0 heterocycles. The molecule has 8 heteroatoms. The predicted octanol–water partition coefficient (Wildman–Crippen LogP) is 0.00662. The second-order valence-corrected chi connectivity index (χ2v) is 6.36. The van der Waals surface area contributed by atoms with Crippen LogP contribution in [0.25, 0.3) is 0 Å². The van der Waals surface area contributed by atoms with E-state index in [9.17, 15) is 13.2 Å². The number of sulfonamides is 1. The number of benzene rings is 1. The van der Waals surface area contributed by atoms with E-state index >= 15 is 0 Å². The van der Waals surface area contributed by atoms with Gasteiger partial charge in [0.15, 0.2) is 0 Å². The van der Waals surface area contributed by atoms with Gasteiger partial charge in [0, 0.05) is 19.3 Å². The summed E-state index contributed by atoms with van der Waals surface area (Å²) in [5.41, 5.74) is 6.83. The third-order valence-corrected chi connectivity index (χ3v) is 4.42. The Kier molecular flexibility index (Phi) is 6.13. The van der Waals surface area contributed by atoms with Crippen molar-refractivity contribution in [1.29, 1.82) is 0 Å². The Morgan fingerprint density at radius 1 is 1.43 bits per heavy atom. The van der Waals surface area contributed by atoms with E-state index in [4.69, 9.17) is 10.5 Å². The lowest BCUT2D eigenvalue weighted by atomic mass is 10.2. The second-order valence-electron chi connectivity index (χ2n) is 4.65. The summed E-state index contributed by atoms with van der Waals surface area (Å²) in [6.07, 6.45) is 0. The molecule has 4 N–H and O–H groups in total. The van der Waals surface area contributed by atoms with Crippen LogP contribution in [0.5, 0.6) is 0 Å². The molecule has 1 rings (SSSR count). The Balaban J connectivity index is 2.75. The minimum Gasteiger partial charge on any atom is -0.399 e. The molecule has 0 bridgehead atoms. The Labute approximate surface area is 124 Å². The summed E-state index contributed by atoms with van der Waals surface area (Å²) < 4.78 is 31.5. The number of carbonyl (C=O) groups excluding carboxylic acids is 1. The lowest BCUT2D eigenvalue weighted by Crippen LogP contribution is -2.45. The van der Waals surface area contributed by atoms with Gasteiger partial charge in [-0.25, -0.2) is 8.42 Å². The third-order valence-electron chi connectivity index (χ3n) is 2.88. The first-order chi connectivity index (χ1) is 9.77. The van der Waals surface area contributed by atoms with Gasteiger partial charge in [0.1, 0.15) is 0 Å². The topological polar surface area (TPSA) is 111 Å². The molecule has 0 fully saturated rings. The monoisotopic (exact) mass is 315 g/mol. The maximum Gasteiger partial charge on any atom is 0.241 e. The van der Waals surface area contributed by atoms with Gasteiger partial charge in [-0.05, 0) is 37.6 Å². The minimum atomic E-state index is -3.77. The number of nitrogens with two attached hydrogens (primary N) is 1. The summed E-state index contributed by atoms with van der Waals surface area (Å²) in [5.74, 6) is -0.414. The van der Waals surface area contributed by atoms with E-state index in [0.29, 0.717) is 24.4 Å². The quantitative estimate of drug-likeness (QED) is 0.485. The van der Waals surface area contributed by atoms with Gasteiger partial charge >= 0.3 is 0 Å². The highest BCUT2D eigenvalue weighted by Crippen LogP contribution is 2.16. The SMILES string of the molecule is COCCNC(=O)C(C)NS(=O)(=O)c1ccc(N)c(C)c1. The fourth-order valence-corrected chi connectivity index (χ4v) is 2.89. The predicted molar refractivity (Wildman–Crippen MR) is 80.3 cm³/mol. The molecule has 0 aromatic heterocycles. The van der Waals surface area contributed by atoms with Crippen LogP contribution in [0.3, 0.4) is 0 Å². The van der Waals surface area contributed by atoms with Crippen LogP contribution in [0.15, 0.2) is 23.1 Å². The van der Waals surface area contributed by atoms with Crippen LogP contribution in [0.1, 0.15) is 12.5 Å². The number of amides is 1. The zero-order valence-electron chi connectivity index (χ0n) is 12.3. The molecule has 0 saturated carbocycles. The van der Waals surface area contributed by atoms with Crippen LogP contribution in [-0.4, -0.2) is 40.6 Å². The molecule has 0 spiro atoms. The highest BCUT2D eigenvalue weighted by molar-refractivity contribution is 7.89. The van der Waals surface area contributed by atoms with Crippen LogP contribution in [0.4, 0.5) is 5.69 Å². The van der Waals surface area contributed by atoms with Gasteiger partial charge in [-0.1, -0.05) is 0 Å². The molecular weight excluding hydrogens is 294 g/mol. The van der Waals surface area contributed by atoms with Crippen LogP contribution < -0.4 is 15.8 Å². The largest absolute Gasteiger partial charge is 0.399 e. The molecule has 118 valence electrons. The molecule has 0 aliphatic carbocycles. The molecule has 1 atom stereocenters. The summed E-state index contributed by atoms with van der Waals surface area (Å²) in [5, 5.41) is 2.57. The van der Waals surface area contributed by atoms with Gasteiger partial charge in [0.05, 0.1) is 17.5 Å². The Bertz CT molecular complexity index is 601. The number of rotatable bonds is 7. The first kappa shape index (κ1) is 17.4. The van der Waals surface area contributed by atoms with E-state index < -0.39 is 22.0 Å². The van der Waals surface area contributed by atoms with Crippen molar-refractivity contribution in [2.24, 2.45) is 0 Å². The lowest BCUT2D eigenvalue weighted by Gasteiger charge is -2.15. The maximum absolute atomic E-state index is 12.2. The van der Waals surface area contributed by atoms with E-state index in [1.165, 1.54) is 32.2 Å². The summed E-state index contributed by atoms with van der Waals surface area (Å²) in [6.45, 7) is 3.88. The highest BCUT2D eigenvalue weighted by atomic mass is 32.2. The molecule has 1 amide bonds. The molecule has 1 aromatic rings. The van der Waals surface area contributed by atoms with E-state index in [-0.39, 0.29) is 4.90 Å². The van der Waals surface area contributed by atoms with Crippen molar-refractivity contribution in [2.75, 3.05) is 26.0 Å². The molecule has 1 unspecified atom stereocenters. The summed E-state index contributed by atoms with van der Waals surface area (Å²) in [6, 6.07) is 3.51. The van der Waals surface area contributed by atoms with Crippen molar-refractivity contribution in [3.8, 4) is 0 Å². The summed E-state index contributed by atoms with van der Waals surface area (Å²) in [7, 11) is -2.26. The van der Waals surface area contributed by atoms with Crippen LogP contribution in [-0.2, 0) is 19.6 Å². The van der Waals surface area contributed by atoms with Crippen LogP contribution in [0, 0.1) is 6.92 Å². The van der Waals surface area contributed by atoms with Crippen molar-refractivity contribution in [2.45, 2.75) is 24.8 Å². The number of methoxy groups -OCH3 is 1. The van der Waals surface area contributed by atoms with Crippen molar-refractivity contribution in [1.82, 2.24) is 10.0 Å². The van der Waals surface area contributed by atoms with Crippen molar-refractivity contribution in [3.63, 3.8) is 0 Å². The molecule has 0 aliphatic heterocycles. The molecule has 0 radical (unpaired) electrons. The minimum absolute atomic E-state index is 0.0748. The molecule has 7 nitrogen and oxygen atoms in total. The van der Waals surface area contributed by atoms with Gasteiger partial charge in [-0.3, -0.25) is 4.79 Å². The summed E-state index contributed by atoms with van der Waals surface area (Å²) >= 11 is 0. The molecule has 21 heavy (non-hydrogen) atoms. The Hall–Kier alpha value is -1.64. The number of aryl methyl sites for hydroxylation is 1. The van der Waals surface area contributed by atoms with Gasteiger partial charge in [0.25, 0.3) is 0 Å². The highest BCUT2D eigenvalue weighted by Gasteiger charge is 2.22. The maximum atomic E-state index is 12.2. The number of hydrogen-bond donors (Lipinski definition) is 3. The molecule has 1 aromatic carbocycles. The number of anilines is 1. The number of nitrogens with one attached hydrogen (secondary N) is 2. The third kappa shape index (κ3) is 5.00. The number of nitrogen functional groups attached to an aromatic ring is 1. The fourth-order valence-electron chi connectivity index (χ4n) is 1.60. The molecule has 0 saturated heterocycles. The molecule has 0 aliphatic rings. The van der Waals surface area contributed by atoms with Gasteiger partial charge in [0.2, 0.25) is 15.9 Å². The van der Waals surface area contributed by atoms with Crippen LogP contribution >= 0.6 is 0 Å². The van der Waals surface area contributed by atoms with Gasteiger partial charge in [-0.15, -0.1) is 0 Å². The first-order valence-corrected chi connectivity index (χ1v) is 7.91. The normalized spacial score (nSPS) is 12.9.